The van der Waals surface area contributed by atoms with Gasteiger partial charge < -0.3 is 11.1 Å². The van der Waals surface area contributed by atoms with E-state index in [0.29, 0.717) is 16.4 Å². The lowest BCUT2D eigenvalue weighted by atomic mass is 10.0. The summed E-state index contributed by atoms with van der Waals surface area (Å²) in [7, 11) is 0. The molecule has 0 bridgehead atoms. The zero-order valence-corrected chi connectivity index (χ0v) is 11.2. The summed E-state index contributed by atoms with van der Waals surface area (Å²) < 4.78 is -0.311. The molecular formula is C12H15ClN2OS. The van der Waals surface area contributed by atoms with Gasteiger partial charge in [0, 0.05) is 5.69 Å². The Labute approximate surface area is 110 Å². The van der Waals surface area contributed by atoms with E-state index in [1.165, 1.54) is 0 Å². The van der Waals surface area contributed by atoms with Crippen LogP contribution in [0.5, 0.6) is 0 Å². The molecule has 0 radical (unpaired) electrons. The van der Waals surface area contributed by atoms with E-state index in [1.54, 1.807) is 30.0 Å². The van der Waals surface area contributed by atoms with Gasteiger partial charge in [0.2, 0.25) is 5.91 Å². The summed E-state index contributed by atoms with van der Waals surface area (Å²) in [6, 6.07) is 5.14. The number of nitrogen functional groups attached to an aromatic ring is 1. The molecule has 1 saturated heterocycles. The molecule has 1 aromatic rings. The predicted octanol–water partition coefficient (Wildman–Crippen LogP) is 3.15. The van der Waals surface area contributed by atoms with Crippen molar-refractivity contribution < 1.29 is 4.79 Å². The minimum atomic E-state index is -0.311. The standard InChI is InChI=1S/C12H15ClN2OS/c1-12(5-2-6-17-12)11(16)15-8-3-4-9(13)10(14)7-8/h3-4,7H,2,5-6,14H2,1H3,(H,15,16). The van der Waals surface area contributed by atoms with Gasteiger partial charge in [-0.2, -0.15) is 0 Å². The van der Waals surface area contributed by atoms with Crippen molar-refractivity contribution in [1.29, 1.82) is 0 Å². The normalized spacial score (nSPS) is 23.6. The highest BCUT2D eigenvalue weighted by Crippen LogP contribution is 2.38. The van der Waals surface area contributed by atoms with Gasteiger partial charge in [0.25, 0.3) is 0 Å². The van der Waals surface area contributed by atoms with Crippen LogP contribution >= 0.6 is 23.4 Å². The first-order valence-electron chi connectivity index (χ1n) is 5.52. The Kier molecular flexibility index (Phi) is 3.54. The molecule has 1 fully saturated rings. The van der Waals surface area contributed by atoms with Crippen LogP contribution in [-0.4, -0.2) is 16.4 Å². The van der Waals surface area contributed by atoms with Crippen LogP contribution in [0.4, 0.5) is 11.4 Å². The Morgan fingerprint density at radius 1 is 1.59 bits per heavy atom. The molecule has 0 saturated carbocycles. The molecule has 17 heavy (non-hydrogen) atoms. The number of amides is 1. The van der Waals surface area contributed by atoms with Gasteiger partial charge in [-0.25, -0.2) is 0 Å². The number of carbonyl (C=O) groups is 1. The Morgan fingerprint density at radius 2 is 2.35 bits per heavy atom. The van der Waals surface area contributed by atoms with E-state index in [9.17, 15) is 4.79 Å². The molecule has 3 N–H and O–H groups in total. The minimum absolute atomic E-state index is 0.0433. The Balaban J connectivity index is 2.10. The van der Waals surface area contributed by atoms with Crippen LogP contribution in [0.3, 0.4) is 0 Å². The van der Waals surface area contributed by atoms with Crippen molar-refractivity contribution in [2.75, 3.05) is 16.8 Å². The maximum Gasteiger partial charge on any atom is 0.240 e. The van der Waals surface area contributed by atoms with Crippen LogP contribution in [0, 0.1) is 0 Å². The molecule has 3 nitrogen and oxygen atoms in total. The van der Waals surface area contributed by atoms with E-state index in [2.05, 4.69) is 5.32 Å². The molecule has 0 aromatic heterocycles. The summed E-state index contributed by atoms with van der Waals surface area (Å²) in [6.45, 7) is 1.99. The van der Waals surface area contributed by atoms with Crippen LogP contribution in [0.2, 0.25) is 5.02 Å². The first kappa shape index (κ1) is 12.6. The third-order valence-electron chi connectivity index (χ3n) is 2.95. The summed E-state index contributed by atoms with van der Waals surface area (Å²) in [6.07, 6.45) is 2.02. The molecule has 1 amide bonds. The fourth-order valence-corrected chi connectivity index (χ4v) is 3.17. The lowest BCUT2D eigenvalue weighted by molar-refractivity contribution is -0.118. The quantitative estimate of drug-likeness (QED) is 0.812. The SMILES string of the molecule is CC1(C(=O)Nc2ccc(Cl)c(N)c2)CCCS1. The summed E-state index contributed by atoms with van der Waals surface area (Å²) >= 11 is 7.54. The molecule has 1 aromatic carbocycles. The Bertz CT molecular complexity index is 444. The van der Waals surface area contributed by atoms with Crippen LogP contribution < -0.4 is 11.1 Å². The highest BCUT2D eigenvalue weighted by atomic mass is 35.5. The van der Waals surface area contributed by atoms with E-state index < -0.39 is 0 Å². The highest BCUT2D eigenvalue weighted by Gasteiger charge is 2.37. The molecule has 92 valence electrons. The second-order valence-corrected chi connectivity index (χ2v) is 6.38. The first-order valence-corrected chi connectivity index (χ1v) is 6.88. The topological polar surface area (TPSA) is 55.1 Å². The van der Waals surface area contributed by atoms with Crippen molar-refractivity contribution >= 4 is 40.6 Å². The van der Waals surface area contributed by atoms with Gasteiger partial charge >= 0.3 is 0 Å². The van der Waals surface area contributed by atoms with Crippen LogP contribution in [-0.2, 0) is 4.79 Å². The van der Waals surface area contributed by atoms with Gasteiger partial charge in [0.05, 0.1) is 15.5 Å². The number of anilines is 2. The molecule has 0 aliphatic carbocycles. The van der Waals surface area contributed by atoms with E-state index in [0.717, 1.165) is 18.6 Å². The third-order valence-corrected chi connectivity index (χ3v) is 4.82. The summed E-state index contributed by atoms with van der Waals surface area (Å²) in [5.41, 5.74) is 6.87. The minimum Gasteiger partial charge on any atom is -0.397 e. The summed E-state index contributed by atoms with van der Waals surface area (Å²) in [5, 5.41) is 3.40. The number of rotatable bonds is 2. The van der Waals surface area contributed by atoms with E-state index in [4.69, 9.17) is 17.3 Å². The number of hydrogen-bond donors (Lipinski definition) is 2. The average Bonchev–Trinajstić information content (AvgIpc) is 2.72. The molecular weight excluding hydrogens is 256 g/mol. The third kappa shape index (κ3) is 2.69. The number of benzene rings is 1. The molecule has 2 rings (SSSR count). The van der Waals surface area contributed by atoms with Crippen LogP contribution in [0.25, 0.3) is 0 Å². The van der Waals surface area contributed by atoms with Gasteiger partial charge in [0.15, 0.2) is 0 Å². The van der Waals surface area contributed by atoms with Crippen molar-refractivity contribution in [3.8, 4) is 0 Å². The number of carbonyl (C=O) groups excluding carboxylic acids is 1. The lowest BCUT2D eigenvalue weighted by Crippen LogP contribution is -2.34. The van der Waals surface area contributed by atoms with Crippen molar-refractivity contribution in [3.05, 3.63) is 23.2 Å². The van der Waals surface area contributed by atoms with Gasteiger partial charge in [-0.3, -0.25) is 4.79 Å². The summed E-state index contributed by atoms with van der Waals surface area (Å²) in [5.74, 6) is 1.09. The highest BCUT2D eigenvalue weighted by molar-refractivity contribution is 8.01. The van der Waals surface area contributed by atoms with Crippen molar-refractivity contribution in [2.45, 2.75) is 24.5 Å². The second kappa shape index (κ2) is 4.78. The van der Waals surface area contributed by atoms with Gasteiger partial charge in [-0.15, -0.1) is 11.8 Å². The molecule has 1 unspecified atom stereocenters. The van der Waals surface area contributed by atoms with Crippen molar-refractivity contribution in [3.63, 3.8) is 0 Å². The molecule has 1 heterocycles. The molecule has 1 aliphatic heterocycles. The smallest absolute Gasteiger partial charge is 0.240 e. The fraction of sp³-hybridized carbons (Fsp3) is 0.417. The predicted molar refractivity (Wildman–Crippen MR) is 74.6 cm³/mol. The van der Waals surface area contributed by atoms with E-state index in [-0.39, 0.29) is 10.7 Å². The number of nitrogens with one attached hydrogen (secondary N) is 1. The zero-order chi connectivity index (χ0) is 12.5. The van der Waals surface area contributed by atoms with Crippen LogP contribution in [0.1, 0.15) is 19.8 Å². The largest absolute Gasteiger partial charge is 0.397 e. The number of halogens is 1. The maximum absolute atomic E-state index is 12.1. The lowest BCUT2D eigenvalue weighted by Gasteiger charge is -2.21. The molecule has 1 aliphatic rings. The van der Waals surface area contributed by atoms with Crippen molar-refractivity contribution in [2.24, 2.45) is 0 Å². The average molecular weight is 271 g/mol. The second-order valence-electron chi connectivity index (χ2n) is 4.37. The number of nitrogens with two attached hydrogens (primary N) is 1. The van der Waals surface area contributed by atoms with Gasteiger partial charge in [0.1, 0.15) is 0 Å². The van der Waals surface area contributed by atoms with E-state index in [1.807, 2.05) is 6.92 Å². The Morgan fingerprint density at radius 3 is 2.94 bits per heavy atom. The van der Waals surface area contributed by atoms with Gasteiger partial charge in [-0.05, 0) is 43.7 Å². The number of hydrogen-bond acceptors (Lipinski definition) is 3. The fourth-order valence-electron chi connectivity index (χ4n) is 1.84. The zero-order valence-electron chi connectivity index (χ0n) is 9.63. The van der Waals surface area contributed by atoms with Crippen molar-refractivity contribution in [1.82, 2.24) is 0 Å². The van der Waals surface area contributed by atoms with E-state index >= 15 is 0 Å². The number of thioether (sulfide) groups is 1. The summed E-state index contributed by atoms with van der Waals surface area (Å²) in [4.78, 5) is 12.1. The molecule has 0 spiro atoms. The monoisotopic (exact) mass is 270 g/mol. The molecule has 1 atom stereocenters. The van der Waals surface area contributed by atoms with Gasteiger partial charge in [-0.1, -0.05) is 11.6 Å². The maximum atomic E-state index is 12.1. The molecule has 5 heteroatoms. The van der Waals surface area contributed by atoms with Crippen LogP contribution in [0.15, 0.2) is 18.2 Å². The first-order chi connectivity index (χ1) is 8.01. The Hall–Kier alpha value is -0.870.